The van der Waals surface area contributed by atoms with Gasteiger partial charge in [-0.05, 0) is 36.8 Å². The van der Waals surface area contributed by atoms with Crippen LogP contribution in [0.4, 0.5) is 5.69 Å². The maximum absolute atomic E-state index is 12.3. The van der Waals surface area contributed by atoms with Crippen LogP contribution >= 0.6 is 11.8 Å². The molecule has 1 unspecified atom stereocenters. The molecule has 2 amide bonds. The lowest BCUT2D eigenvalue weighted by Gasteiger charge is -2.08. The van der Waals surface area contributed by atoms with Gasteiger partial charge in [-0.15, -0.1) is 5.10 Å². The summed E-state index contributed by atoms with van der Waals surface area (Å²) < 4.78 is 4.92. The van der Waals surface area contributed by atoms with Crippen molar-refractivity contribution >= 4 is 46.6 Å². The molecule has 0 spiro atoms. The molecule has 30 heavy (non-hydrogen) atoms. The van der Waals surface area contributed by atoms with Crippen LogP contribution in [-0.4, -0.2) is 41.0 Å². The Morgan fingerprint density at radius 3 is 2.60 bits per heavy atom. The molecule has 1 aliphatic heterocycles. The quantitative estimate of drug-likeness (QED) is 0.404. The van der Waals surface area contributed by atoms with Crippen molar-refractivity contribution in [2.75, 3.05) is 11.9 Å². The van der Waals surface area contributed by atoms with E-state index in [9.17, 15) is 14.4 Å². The molecule has 2 aromatic carbocycles. The van der Waals surface area contributed by atoms with Crippen molar-refractivity contribution in [3.8, 4) is 0 Å². The Bertz CT molecular complexity index is 974. The minimum atomic E-state index is -0.588. The third-order valence-corrected chi connectivity index (χ3v) is 5.05. The molecule has 2 aromatic rings. The first kappa shape index (κ1) is 21.3. The monoisotopic (exact) mass is 424 g/mol. The number of anilines is 1. The number of esters is 1. The zero-order valence-corrected chi connectivity index (χ0v) is 17.0. The number of ether oxygens (including phenoxy) is 1. The van der Waals surface area contributed by atoms with Gasteiger partial charge in [-0.2, -0.15) is 5.10 Å². The summed E-state index contributed by atoms with van der Waals surface area (Å²) in [5, 5.41) is 13.1. The van der Waals surface area contributed by atoms with E-state index >= 15 is 0 Å². The van der Waals surface area contributed by atoms with Gasteiger partial charge in [0.05, 0.1) is 18.4 Å². The van der Waals surface area contributed by atoms with E-state index < -0.39 is 11.2 Å². The number of hydrogen-bond donors (Lipinski definition) is 2. The largest absolute Gasteiger partial charge is 0.462 e. The zero-order chi connectivity index (χ0) is 21.3. The van der Waals surface area contributed by atoms with E-state index in [4.69, 9.17) is 4.74 Å². The van der Waals surface area contributed by atoms with Crippen LogP contribution in [0, 0.1) is 0 Å². The van der Waals surface area contributed by atoms with Crippen molar-refractivity contribution in [3.63, 3.8) is 0 Å². The van der Waals surface area contributed by atoms with Gasteiger partial charge in [0.1, 0.15) is 5.25 Å². The Balaban J connectivity index is 1.51. The fourth-order valence-corrected chi connectivity index (χ4v) is 3.48. The highest BCUT2D eigenvalue weighted by Gasteiger charge is 2.32. The number of nitrogens with one attached hydrogen (secondary N) is 2. The topological polar surface area (TPSA) is 109 Å². The second-order valence-corrected chi connectivity index (χ2v) is 7.40. The molecule has 1 atom stereocenters. The Hall–Kier alpha value is -3.46. The van der Waals surface area contributed by atoms with Crippen molar-refractivity contribution in [3.05, 3.63) is 65.7 Å². The number of amides is 2. The van der Waals surface area contributed by atoms with Crippen LogP contribution in [0.1, 0.15) is 29.3 Å². The number of nitrogens with zero attached hydrogens (tertiary/aromatic N) is 2. The number of rotatable bonds is 7. The Kier molecular flexibility index (Phi) is 7.34. The first-order valence-corrected chi connectivity index (χ1v) is 10.1. The number of carbonyl (C=O) groups is 3. The van der Waals surface area contributed by atoms with E-state index in [1.165, 1.54) is 0 Å². The molecular weight excluding hydrogens is 404 g/mol. The van der Waals surface area contributed by atoms with E-state index in [2.05, 4.69) is 20.8 Å². The van der Waals surface area contributed by atoms with E-state index in [-0.39, 0.29) is 18.2 Å². The van der Waals surface area contributed by atoms with Crippen LogP contribution in [0.2, 0.25) is 0 Å². The maximum atomic E-state index is 12.3. The lowest BCUT2D eigenvalue weighted by molar-refractivity contribution is -0.122. The van der Waals surface area contributed by atoms with Gasteiger partial charge in [0.2, 0.25) is 11.8 Å². The number of thioether (sulfide) groups is 1. The SMILES string of the molecule is CCOC(=O)c1ccc(NC(=O)CC2SC(=NN=Cc3ccccc3)NC2=O)cc1. The summed E-state index contributed by atoms with van der Waals surface area (Å²) in [6, 6.07) is 15.8. The Morgan fingerprint density at radius 1 is 1.17 bits per heavy atom. The van der Waals surface area contributed by atoms with Gasteiger partial charge in [0.15, 0.2) is 5.17 Å². The van der Waals surface area contributed by atoms with E-state index in [1.807, 2.05) is 30.3 Å². The predicted octanol–water partition coefficient (Wildman–Crippen LogP) is 2.81. The van der Waals surface area contributed by atoms with Gasteiger partial charge in [0, 0.05) is 12.1 Å². The van der Waals surface area contributed by atoms with Gasteiger partial charge in [0.25, 0.3) is 0 Å². The molecule has 1 heterocycles. The Labute approximate surface area is 177 Å². The van der Waals surface area contributed by atoms with E-state index in [1.54, 1.807) is 37.4 Å². The number of amidine groups is 1. The molecule has 154 valence electrons. The molecule has 1 saturated heterocycles. The van der Waals surface area contributed by atoms with Crippen LogP contribution in [0.15, 0.2) is 64.8 Å². The van der Waals surface area contributed by atoms with Crippen LogP contribution in [0.3, 0.4) is 0 Å². The molecular formula is C21H20N4O4S. The van der Waals surface area contributed by atoms with Crippen molar-refractivity contribution in [1.82, 2.24) is 5.32 Å². The normalized spacial score (nSPS) is 17.2. The number of benzene rings is 2. The predicted molar refractivity (Wildman–Crippen MR) is 117 cm³/mol. The molecule has 0 radical (unpaired) electrons. The van der Waals surface area contributed by atoms with Crippen molar-refractivity contribution in [2.24, 2.45) is 10.2 Å². The number of carbonyl (C=O) groups excluding carboxylic acids is 3. The van der Waals surface area contributed by atoms with Crippen LogP contribution in [0.5, 0.6) is 0 Å². The smallest absolute Gasteiger partial charge is 0.338 e. The third kappa shape index (κ3) is 6.02. The summed E-state index contributed by atoms with van der Waals surface area (Å²) in [4.78, 5) is 36.0. The lowest BCUT2D eigenvalue weighted by Crippen LogP contribution is -2.28. The standard InChI is InChI=1S/C21H20N4O4S/c1-2-29-20(28)15-8-10-16(11-9-15)23-18(26)12-17-19(27)24-21(30-17)25-22-13-14-6-4-3-5-7-14/h3-11,13,17H,2,12H2,1H3,(H,23,26)(H,24,25,27). The highest BCUT2D eigenvalue weighted by atomic mass is 32.2. The molecule has 0 bridgehead atoms. The molecule has 1 fully saturated rings. The minimum absolute atomic E-state index is 0.0163. The summed E-state index contributed by atoms with van der Waals surface area (Å²) in [7, 11) is 0. The first-order chi connectivity index (χ1) is 14.5. The van der Waals surface area contributed by atoms with Crippen molar-refractivity contribution < 1.29 is 19.1 Å². The van der Waals surface area contributed by atoms with Gasteiger partial charge in [-0.1, -0.05) is 42.1 Å². The highest BCUT2D eigenvalue weighted by molar-refractivity contribution is 8.15. The van der Waals surface area contributed by atoms with Gasteiger partial charge in [-0.25, -0.2) is 4.79 Å². The molecule has 9 heteroatoms. The van der Waals surface area contributed by atoms with Gasteiger partial charge in [-0.3, -0.25) is 9.59 Å². The molecule has 1 aliphatic rings. The van der Waals surface area contributed by atoms with Crippen molar-refractivity contribution in [2.45, 2.75) is 18.6 Å². The summed E-state index contributed by atoms with van der Waals surface area (Å²) in [5.41, 5.74) is 1.82. The fraction of sp³-hybridized carbons (Fsp3) is 0.190. The first-order valence-electron chi connectivity index (χ1n) is 9.26. The van der Waals surface area contributed by atoms with Crippen LogP contribution in [0.25, 0.3) is 0 Å². The maximum Gasteiger partial charge on any atom is 0.338 e. The Morgan fingerprint density at radius 2 is 1.90 bits per heavy atom. The van der Waals surface area contributed by atoms with Gasteiger partial charge < -0.3 is 15.4 Å². The second kappa shape index (κ2) is 10.4. The lowest BCUT2D eigenvalue weighted by atomic mass is 10.2. The third-order valence-electron chi connectivity index (χ3n) is 3.98. The molecule has 0 aliphatic carbocycles. The molecule has 8 nitrogen and oxygen atoms in total. The minimum Gasteiger partial charge on any atom is -0.462 e. The molecule has 3 rings (SSSR count). The average Bonchev–Trinajstić information content (AvgIpc) is 3.08. The van der Waals surface area contributed by atoms with Crippen LogP contribution in [-0.2, 0) is 14.3 Å². The number of hydrogen-bond acceptors (Lipinski definition) is 7. The van der Waals surface area contributed by atoms with Gasteiger partial charge >= 0.3 is 5.97 Å². The van der Waals surface area contributed by atoms with E-state index in [0.717, 1.165) is 17.3 Å². The summed E-state index contributed by atoms with van der Waals surface area (Å²) in [6.45, 7) is 2.02. The second-order valence-electron chi connectivity index (χ2n) is 6.21. The van der Waals surface area contributed by atoms with E-state index in [0.29, 0.717) is 23.0 Å². The van der Waals surface area contributed by atoms with Crippen molar-refractivity contribution in [1.29, 1.82) is 0 Å². The molecule has 0 saturated carbocycles. The average molecular weight is 424 g/mol. The highest BCUT2D eigenvalue weighted by Crippen LogP contribution is 2.23. The summed E-state index contributed by atoms with van der Waals surface area (Å²) >= 11 is 1.16. The van der Waals surface area contributed by atoms with Crippen LogP contribution < -0.4 is 10.6 Å². The molecule has 2 N–H and O–H groups in total. The fourth-order valence-electron chi connectivity index (χ4n) is 2.56. The molecule has 0 aromatic heterocycles. The summed E-state index contributed by atoms with van der Waals surface area (Å²) in [5.74, 6) is -1.03. The summed E-state index contributed by atoms with van der Waals surface area (Å²) in [6.07, 6.45) is 1.57. The zero-order valence-electron chi connectivity index (χ0n) is 16.2.